The molecule has 0 fully saturated rings. The maximum atomic E-state index is 11.3. The first kappa shape index (κ1) is 11.6. The zero-order valence-electron chi connectivity index (χ0n) is 7.86. The topological polar surface area (TPSA) is 54.9 Å². The number of alkyl halides is 1. The number of carbonyl (C=O) groups is 1. The molecular formula is C8H12BrN3OS. The first-order valence-electron chi connectivity index (χ1n) is 4.39. The van der Waals surface area contributed by atoms with Gasteiger partial charge in [-0.3, -0.25) is 4.79 Å². The fourth-order valence-corrected chi connectivity index (χ4v) is 1.70. The SMILES string of the molecule is CC(Br)CCCNC(=O)c1csnn1. The average molecular weight is 278 g/mol. The summed E-state index contributed by atoms with van der Waals surface area (Å²) in [6.07, 6.45) is 2.02. The van der Waals surface area contributed by atoms with E-state index in [9.17, 15) is 4.79 Å². The molecule has 0 bridgehead atoms. The lowest BCUT2D eigenvalue weighted by atomic mass is 10.2. The molecule has 1 atom stereocenters. The van der Waals surface area contributed by atoms with Gasteiger partial charge < -0.3 is 5.32 Å². The minimum atomic E-state index is -0.138. The molecule has 1 aromatic rings. The Morgan fingerprint density at radius 3 is 3.14 bits per heavy atom. The van der Waals surface area contributed by atoms with E-state index >= 15 is 0 Å². The number of carbonyl (C=O) groups excluding carboxylic acids is 1. The van der Waals surface area contributed by atoms with E-state index in [4.69, 9.17) is 0 Å². The van der Waals surface area contributed by atoms with E-state index in [0.29, 0.717) is 17.1 Å². The van der Waals surface area contributed by atoms with E-state index in [-0.39, 0.29) is 5.91 Å². The highest BCUT2D eigenvalue weighted by atomic mass is 79.9. The second-order valence-electron chi connectivity index (χ2n) is 2.97. The largest absolute Gasteiger partial charge is 0.351 e. The van der Waals surface area contributed by atoms with E-state index in [1.165, 1.54) is 11.5 Å². The van der Waals surface area contributed by atoms with Gasteiger partial charge in [-0.05, 0) is 24.4 Å². The third-order valence-corrected chi connectivity index (χ3v) is 2.62. The summed E-state index contributed by atoms with van der Waals surface area (Å²) in [5.74, 6) is -0.138. The van der Waals surface area contributed by atoms with Crippen LogP contribution in [0.5, 0.6) is 0 Å². The number of halogens is 1. The van der Waals surface area contributed by atoms with Crippen LogP contribution in [0.3, 0.4) is 0 Å². The van der Waals surface area contributed by atoms with Crippen molar-refractivity contribution in [1.29, 1.82) is 0 Å². The number of nitrogens with zero attached hydrogens (tertiary/aromatic N) is 2. The molecule has 0 aliphatic heterocycles. The molecule has 0 spiro atoms. The average Bonchev–Trinajstić information content (AvgIpc) is 2.64. The van der Waals surface area contributed by atoms with Crippen molar-refractivity contribution in [3.63, 3.8) is 0 Å². The van der Waals surface area contributed by atoms with Crippen LogP contribution in [-0.2, 0) is 0 Å². The summed E-state index contributed by atoms with van der Waals surface area (Å²) >= 11 is 4.63. The molecule has 1 amide bonds. The van der Waals surface area contributed by atoms with Crippen LogP contribution in [0.4, 0.5) is 0 Å². The van der Waals surface area contributed by atoms with Gasteiger partial charge in [0.1, 0.15) is 0 Å². The summed E-state index contributed by atoms with van der Waals surface area (Å²) in [6.45, 7) is 2.78. The molecule has 1 aromatic heterocycles. The molecule has 4 nitrogen and oxygen atoms in total. The van der Waals surface area contributed by atoms with Crippen molar-refractivity contribution in [3.8, 4) is 0 Å². The van der Waals surface area contributed by atoms with E-state index < -0.39 is 0 Å². The lowest BCUT2D eigenvalue weighted by molar-refractivity contribution is 0.0948. The van der Waals surface area contributed by atoms with Gasteiger partial charge in [-0.15, -0.1) is 5.10 Å². The Hall–Kier alpha value is -0.490. The van der Waals surface area contributed by atoms with Crippen molar-refractivity contribution in [2.24, 2.45) is 0 Å². The Morgan fingerprint density at radius 1 is 1.79 bits per heavy atom. The molecule has 1 rings (SSSR count). The summed E-state index contributed by atoms with van der Waals surface area (Å²) in [4.78, 5) is 11.8. The van der Waals surface area contributed by atoms with E-state index in [2.05, 4.69) is 37.8 Å². The van der Waals surface area contributed by atoms with Crippen molar-refractivity contribution >= 4 is 33.4 Å². The first-order chi connectivity index (χ1) is 6.70. The van der Waals surface area contributed by atoms with Gasteiger partial charge in [0.2, 0.25) is 0 Å². The van der Waals surface area contributed by atoms with Crippen LogP contribution < -0.4 is 5.32 Å². The molecule has 6 heteroatoms. The quantitative estimate of drug-likeness (QED) is 0.660. The zero-order chi connectivity index (χ0) is 10.4. The highest BCUT2D eigenvalue weighted by molar-refractivity contribution is 9.09. The summed E-state index contributed by atoms with van der Waals surface area (Å²) < 4.78 is 3.62. The van der Waals surface area contributed by atoms with Gasteiger partial charge in [-0.25, -0.2) is 0 Å². The van der Waals surface area contributed by atoms with Gasteiger partial charge in [-0.2, -0.15) is 0 Å². The zero-order valence-corrected chi connectivity index (χ0v) is 10.3. The smallest absolute Gasteiger partial charge is 0.272 e. The molecule has 14 heavy (non-hydrogen) atoms. The molecule has 0 radical (unpaired) electrons. The van der Waals surface area contributed by atoms with Crippen LogP contribution in [0, 0.1) is 0 Å². The maximum Gasteiger partial charge on any atom is 0.272 e. The number of amides is 1. The van der Waals surface area contributed by atoms with Gasteiger partial charge in [0.05, 0.1) is 0 Å². The minimum absolute atomic E-state index is 0.138. The van der Waals surface area contributed by atoms with Crippen LogP contribution in [0.1, 0.15) is 30.3 Å². The second kappa shape index (κ2) is 6.08. The van der Waals surface area contributed by atoms with Crippen LogP contribution in [0.25, 0.3) is 0 Å². The summed E-state index contributed by atoms with van der Waals surface area (Å²) in [6, 6.07) is 0. The number of nitrogens with one attached hydrogen (secondary N) is 1. The lowest BCUT2D eigenvalue weighted by Crippen LogP contribution is -2.25. The third kappa shape index (κ3) is 4.15. The van der Waals surface area contributed by atoms with Gasteiger partial charge in [0.25, 0.3) is 5.91 Å². The molecule has 0 saturated heterocycles. The molecule has 0 aliphatic carbocycles. The van der Waals surface area contributed by atoms with Crippen molar-refractivity contribution < 1.29 is 4.79 Å². The highest BCUT2D eigenvalue weighted by Crippen LogP contribution is 2.05. The molecule has 0 saturated carbocycles. The Bertz CT molecular complexity index is 276. The number of hydrogen-bond donors (Lipinski definition) is 1. The van der Waals surface area contributed by atoms with Gasteiger partial charge in [-0.1, -0.05) is 27.3 Å². The minimum Gasteiger partial charge on any atom is -0.351 e. The standard InChI is InChI=1S/C8H12BrN3OS/c1-6(9)3-2-4-10-8(13)7-5-14-12-11-7/h5-6H,2-4H2,1H3,(H,10,13). The summed E-state index contributed by atoms with van der Waals surface area (Å²) in [5, 5.41) is 8.10. The van der Waals surface area contributed by atoms with Gasteiger partial charge in [0, 0.05) is 16.8 Å². The predicted octanol–water partition coefficient (Wildman–Crippen LogP) is 1.83. The summed E-state index contributed by atoms with van der Waals surface area (Å²) in [5.41, 5.74) is 0.405. The van der Waals surface area contributed by atoms with Crippen molar-refractivity contribution in [1.82, 2.24) is 14.9 Å². The van der Waals surface area contributed by atoms with Crippen molar-refractivity contribution in [2.75, 3.05) is 6.54 Å². The molecule has 0 aromatic carbocycles. The highest BCUT2D eigenvalue weighted by Gasteiger charge is 2.07. The third-order valence-electron chi connectivity index (χ3n) is 1.66. The normalized spacial score (nSPS) is 12.4. The Morgan fingerprint density at radius 2 is 2.57 bits per heavy atom. The van der Waals surface area contributed by atoms with Crippen molar-refractivity contribution in [3.05, 3.63) is 11.1 Å². The fraction of sp³-hybridized carbons (Fsp3) is 0.625. The number of aromatic nitrogens is 2. The molecular weight excluding hydrogens is 266 g/mol. The number of rotatable bonds is 5. The summed E-state index contributed by atoms with van der Waals surface area (Å²) in [7, 11) is 0. The van der Waals surface area contributed by atoms with E-state index in [1.807, 2.05) is 0 Å². The Balaban J connectivity index is 2.16. The maximum absolute atomic E-state index is 11.3. The van der Waals surface area contributed by atoms with Crippen LogP contribution in [0.15, 0.2) is 5.38 Å². The fourth-order valence-electron chi connectivity index (χ4n) is 0.939. The lowest BCUT2D eigenvalue weighted by Gasteiger charge is -2.03. The van der Waals surface area contributed by atoms with Gasteiger partial charge >= 0.3 is 0 Å². The molecule has 1 unspecified atom stereocenters. The molecule has 0 aliphatic rings. The molecule has 78 valence electrons. The second-order valence-corrected chi connectivity index (χ2v) is 5.14. The van der Waals surface area contributed by atoms with E-state index in [1.54, 1.807) is 5.38 Å². The van der Waals surface area contributed by atoms with Crippen LogP contribution in [-0.4, -0.2) is 26.9 Å². The number of hydrogen-bond acceptors (Lipinski definition) is 4. The van der Waals surface area contributed by atoms with E-state index in [0.717, 1.165) is 12.8 Å². The van der Waals surface area contributed by atoms with Crippen molar-refractivity contribution in [2.45, 2.75) is 24.6 Å². The van der Waals surface area contributed by atoms with Gasteiger partial charge in [0.15, 0.2) is 5.69 Å². The first-order valence-corrected chi connectivity index (χ1v) is 6.14. The predicted molar refractivity (Wildman–Crippen MR) is 59.9 cm³/mol. The van der Waals surface area contributed by atoms with Crippen LogP contribution >= 0.6 is 27.5 Å². The Kier molecular flexibility index (Phi) is 5.03. The monoisotopic (exact) mass is 277 g/mol. The Labute approximate surface area is 95.4 Å². The molecule has 1 N–H and O–H groups in total. The van der Waals surface area contributed by atoms with Crippen LogP contribution in [0.2, 0.25) is 0 Å². The molecule has 1 heterocycles.